The molecule has 0 spiro atoms. The van der Waals surface area contributed by atoms with Crippen LogP contribution in [-0.2, 0) is 4.79 Å². The third-order valence-corrected chi connectivity index (χ3v) is 2.47. The summed E-state index contributed by atoms with van der Waals surface area (Å²) in [4.78, 5) is 10.2. The molecule has 0 amide bonds. The van der Waals surface area contributed by atoms with Gasteiger partial charge in [-0.1, -0.05) is 0 Å². The van der Waals surface area contributed by atoms with E-state index in [0.717, 1.165) is 18.1 Å². The van der Waals surface area contributed by atoms with Gasteiger partial charge in [0.2, 0.25) is 0 Å². The maximum Gasteiger partial charge on any atom is 0.123 e. The minimum absolute atomic E-state index is 0.443. The Kier molecular flexibility index (Phi) is 0.758. The molecule has 2 rings (SSSR count). The van der Waals surface area contributed by atoms with E-state index in [0.29, 0.717) is 5.92 Å². The van der Waals surface area contributed by atoms with Crippen LogP contribution in [0.3, 0.4) is 0 Å². The number of carbonyl (C=O) groups excluding carboxylic acids is 1. The number of carbonyl (C=O) groups is 1. The molecule has 0 aromatic rings. The van der Waals surface area contributed by atoms with Crippen LogP contribution in [0, 0.1) is 17.8 Å². The van der Waals surface area contributed by atoms with Crippen molar-refractivity contribution in [1.29, 1.82) is 0 Å². The van der Waals surface area contributed by atoms with Crippen LogP contribution in [0.25, 0.3) is 0 Å². The molecular formula is C7H10O. The average molecular weight is 110 g/mol. The van der Waals surface area contributed by atoms with Crippen molar-refractivity contribution < 1.29 is 4.79 Å². The Morgan fingerprint density at radius 1 is 1.12 bits per heavy atom. The van der Waals surface area contributed by atoms with E-state index in [1.54, 1.807) is 0 Å². The van der Waals surface area contributed by atoms with Gasteiger partial charge in [-0.2, -0.15) is 0 Å². The van der Waals surface area contributed by atoms with Crippen LogP contribution in [0.4, 0.5) is 0 Å². The molecule has 3 atom stereocenters. The highest BCUT2D eigenvalue weighted by Gasteiger charge is 2.45. The first-order chi connectivity index (χ1) is 3.90. The smallest absolute Gasteiger partial charge is 0.123 e. The van der Waals surface area contributed by atoms with E-state index in [1.165, 1.54) is 19.3 Å². The van der Waals surface area contributed by atoms with Crippen molar-refractivity contribution in [1.82, 2.24) is 0 Å². The van der Waals surface area contributed by atoms with Crippen molar-refractivity contribution in [2.24, 2.45) is 17.8 Å². The van der Waals surface area contributed by atoms with Gasteiger partial charge in [-0.25, -0.2) is 0 Å². The molecule has 0 aliphatic heterocycles. The van der Waals surface area contributed by atoms with Gasteiger partial charge in [0.1, 0.15) is 6.29 Å². The topological polar surface area (TPSA) is 17.1 Å². The SMILES string of the molecule is O=CC1CC2C[C@@H]2C1. The van der Waals surface area contributed by atoms with Crippen LogP contribution in [0.1, 0.15) is 19.3 Å². The van der Waals surface area contributed by atoms with Crippen LogP contribution in [0.15, 0.2) is 0 Å². The second kappa shape index (κ2) is 1.34. The largest absolute Gasteiger partial charge is 0.303 e. The predicted octanol–water partition coefficient (Wildman–Crippen LogP) is 1.23. The second-order valence-corrected chi connectivity index (χ2v) is 3.12. The first-order valence-electron chi connectivity index (χ1n) is 3.35. The van der Waals surface area contributed by atoms with Gasteiger partial charge in [0.15, 0.2) is 0 Å². The quantitative estimate of drug-likeness (QED) is 0.464. The minimum Gasteiger partial charge on any atom is -0.303 e. The summed E-state index contributed by atoms with van der Waals surface area (Å²) in [5.41, 5.74) is 0. The third kappa shape index (κ3) is 0.504. The van der Waals surface area contributed by atoms with Crippen LogP contribution in [0.5, 0.6) is 0 Å². The van der Waals surface area contributed by atoms with Gasteiger partial charge in [-0.15, -0.1) is 0 Å². The first-order valence-corrected chi connectivity index (χ1v) is 3.35. The summed E-state index contributed by atoms with van der Waals surface area (Å²) in [6.45, 7) is 0. The van der Waals surface area contributed by atoms with Crippen molar-refractivity contribution in [3.05, 3.63) is 0 Å². The van der Waals surface area contributed by atoms with Crippen LogP contribution < -0.4 is 0 Å². The number of rotatable bonds is 1. The zero-order valence-electron chi connectivity index (χ0n) is 4.84. The molecule has 0 aromatic heterocycles. The Bertz CT molecular complexity index is 110. The summed E-state index contributed by atoms with van der Waals surface area (Å²) in [6.07, 6.45) is 4.96. The first kappa shape index (κ1) is 4.54. The van der Waals surface area contributed by atoms with Gasteiger partial charge in [-0.3, -0.25) is 0 Å². The molecule has 0 N–H and O–H groups in total. The molecule has 2 aliphatic rings. The van der Waals surface area contributed by atoms with Gasteiger partial charge in [0.25, 0.3) is 0 Å². The molecule has 0 radical (unpaired) electrons. The molecule has 2 fully saturated rings. The zero-order chi connectivity index (χ0) is 5.56. The van der Waals surface area contributed by atoms with Crippen molar-refractivity contribution in [2.45, 2.75) is 19.3 Å². The molecule has 44 valence electrons. The Morgan fingerprint density at radius 2 is 1.75 bits per heavy atom. The van der Waals surface area contributed by atoms with Gasteiger partial charge < -0.3 is 4.79 Å². The zero-order valence-corrected chi connectivity index (χ0v) is 4.84. The Balaban J connectivity index is 1.98. The third-order valence-electron chi connectivity index (χ3n) is 2.47. The molecule has 0 bridgehead atoms. The molecule has 1 heteroatoms. The van der Waals surface area contributed by atoms with E-state index >= 15 is 0 Å². The molecule has 2 aliphatic carbocycles. The molecule has 0 aromatic carbocycles. The normalized spacial score (nSPS) is 50.8. The molecule has 0 saturated heterocycles. The lowest BCUT2D eigenvalue weighted by Crippen LogP contribution is -1.96. The van der Waals surface area contributed by atoms with Crippen molar-refractivity contribution in [3.8, 4) is 0 Å². The standard InChI is InChI=1S/C7H10O/c8-4-5-1-6-3-7(6)2-5/h4-7H,1-3H2/t5?,6-,7?/m0/s1. The van der Waals surface area contributed by atoms with Gasteiger partial charge in [-0.05, 0) is 31.1 Å². The molecule has 8 heavy (non-hydrogen) atoms. The van der Waals surface area contributed by atoms with Crippen LogP contribution in [0.2, 0.25) is 0 Å². The molecule has 2 unspecified atom stereocenters. The van der Waals surface area contributed by atoms with Gasteiger partial charge in [0.05, 0.1) is 0 Å². The number of hydrogen-bond acceptors (Lipinski definition) is 1. The van der Waals surface area contributed by atoms with E-state index in [2.05, 4.69) is 0 Å². The predicted molar refractivity (Wildman–Crippen MR) is 30.4 cm³/mol. The maximum absolute atomic E-state index is 10.2. The van der Waals surface area contributed by atoms with Crippen LogP contribution in [-0.4, -0.2) is 6.29 Å². The summed E-state index contributed by atoms with van der Waals surface area (Å²) in [6, 6.07) is 0. The lowest BCUT2D eigenvalue weighted by atomic mass is 10.1. The monoisotopic (exact) mass is 110 g/mol. The maximum atomic E-state index is 10.2. The Labute approximate surface area is 49.1 Å². The summed E-state index contributed by atoms with van der Waals surface area (Å²) in [5.74, 6) is 2.37. The second-order valence-electron chi connectivity index (χ2n) is 3.12. The van der Waals surface area contributed by atoms with Crippen molar-refractivity contribution >= 4 is 6.29 Å². The molecule has 2 saturated carbocycles. The fraction of sp³-hybridized carbons (Fsp3) is 0.857. The summed E-state index contributed by atoms with van der Waals surface area (Å²) >= 11 is 0. The number of hydrogen-bond donors (Lipinski definition) is 0. The highest BCUT2D eigenvalue weighted by molar-refractivity contribution is 5.54. The molecule has 0 heterocycles. The lowest BCUT2D eigenvalue weighted by Gasteiger charge is -1.97. The summed E-state index contributed by atoms with van der Waals surface area (Å²) in [7, 11) is 0. The van der Waals surface area contributed by atoms with Crippen molar-refractivity contribution in [3.63, 3.8) is 0 Å². The molecular weight excluding hydrogens is 100 g/mol. The Morgan fingerprint density at radius 3 is 2.12 bits per heavy atom. The summed E-state index contributed by atoms with van der Waals surface area (Å²) < 4.78 is 0. The average Bonchev–Trinajstić information content (AvgIpc) is 2.40. The van der Waals surface area contributed by atoms with E-state index in [-0.39, 0.29) is 0 Å². The molecule has 1 nitrogen and oxygen atoms in total. The lowest BCUT2D eigenvalue weighted by molar-refractivity contribution is -0.111. The Hall–Kier alpha value is -0.330. The highest BCUT2D eigenvalue weighted by atomic mass is 16.1. The fourth-order valence-corrected chi connectivity index (χ4v) is 1.87. The van der Waals surface area contributed by atoms with Crippen molar-refractivity contribution in [2.75, 3.05) is 0 Å². The van der Waals surface area contributed by atoms with E-state index < -0.39 is 0 Å². The fourth-order valence-electron chi connectivity index (χ4n) is 1.87. The van der Waals surface area contributed by atoms with Gasteiger partial charge in [0, 0.05) is 5.92 Å². The van der Waals surface area contributed by atoms with Crippen LogP contribution >= 0.6 is 0 Å². The minimum atomic E-state index is 0.443. The number of aldehydes is 1. The van der Waals surface area contributed by atoms with E-state index in [9.17, 15) is 4.79 Å². The summed E-state index contributed by atoms with van der Waals surface area (Å²) in [5, 5.41) is 0. The highest BCUT2D eigenvalue weighted by Crippen LogP contribution is 2.53. The van der Waals surface area contributed by atoms with E-state index in [4.69, 9.17) is 0 Å². The number of fused-ring (bicyclic) bond motifs is 1. The van der Waals surface area contributed by atoms with E-state index in [1.807, 2.05) is 0 Å². The van der Waals surface area contributed by atoms with Gasteiger partial charge >= 0.3 is 0 Å².